The zero-order chi connectivity index (χ0) is 22.0. The van der Waals surface area contributed by atoms with Crippen LogP contribution in [0.1, 0.15) is 70.2 Å². The molecule has 5 rings (SSSR count). The molecule has 31 heavy (non-hydrogen) atoms. The molecule has 0 saturated heterocycles. The van der Waals surface area contributed by atoms with Gasteiger partial charge in [0, 0.05) is 23.2 Å². The summed E-state index contributed by atoms with van der Waals surface area (Å²) in [5.41, 5.74) is 7.01. The molecule has 3 aromatic rings. The molecule has 1 heterocycles. The number of benzene rings is 3. The number of carbonyl (C=O) groups excluding carboxylic acids is 1. The summed E-state index contributed by atoms with van der Waals surface area (Å²) in [6.07, 6.45) is 1.53. The van der Waals surface area contributed by atoms with Crippen molar-refractivity contribution in [2.75, 3.05) is 5.32 Å². The number of allylic oxidation sites excluding steroid dienone is 1. The Morgan fingerprint density at radius 1 is 0.903 bits per heavy atom. The minimum absolute atomic E-state index is 0.0245. The van der Waals surface area contributed by atoms with Gasteiger partial charge in [0.1, 0.15) is 0 Å². The van der Waals surface area contributed by atoms with Crippen LogP contribution >= 0.6 is 0 Å². The van der Waals surface area contributed by atoms with Crippen LogP contribution in [0.25, 0.3) is 16.3 Å². The molecule has 2 heteroatoms. The molecule has 0 bridgehead atoms. The van der Waals surface area contributed by atoms with E-state index in [9.17, 15) is 4.79 Å². The summed E-state index contributed by atoms with van der Waals surface area (Å²) >= 11 is 0. The Balaban J connectivity index is 1.72. The van der Waals surface area contributed by atoms with E-state index < -0.39 is 0 Å². The lowest BCUT2D eigenvalue weighted by atomic mass is 9.67. The molecule has 0 saturated carbocycles. The van der Waals surface area contributed by atoms with Crippen LogP contribution in [0.4, 0.5) is 5.69 Å². The van der Waals surface area contributed by atoms with Gasteiger partial charge in [0.2, 0.25) is 0 Å². The van der Waals surface area contributed by atoms with Gasteiger partial charge in [-0.2, -0.15) is 0 Å². The second kappa shape index (κ2) is 6.82. The molecule has 2 aliphatic rings. The van der Waals surface area contributed by atoms with Gasteiger partial charge in [0.15, 0.2) is 5.78 Å². The number of fused-ring (bicyclic) bond motifs is 4. The van der Waals surface area contributed by atoms with Crippen molar-refractivity contribution in [3.63, 3.8) is 0 Å². The predicted molar refractivity (Wildman–Crippen MR) is 130 cm³/mol. The van der Waals surface area contributed by atoms with Gasteiger partial charge in [-0.25, -0.2) is 0 Å². The fraction of sp³-hybridized carbons (Fsp3) is 0.345. The van der Waals surface area contributed by atoms with Crippen molar-refractivity contribution in [3.8, 4) is 0 Å². The van der Waals surface area contributed by atoms with Crippen molar-refractivity contribution < 1.29 is 4.79 Å². The lowest BCUT2D eigenvalue weighted by Gasteiger charge is -2.40. The summed E-state index contributed by atoms with van der Waals surface area (Å²) in [6, 6.07) is 21.7. The number of nitrogens with one attached hydrogen (secondary N) is 1. The van der Waals surface area contributed by atoms with E-state index in [0.29, 0.717) is 6.42 Å². The van der Waals surface area contributed by atoms with Crippen molar-refractivity contribution >= 4 is 27.8 Å². The number of rotatable bonds is 1. The minimum atomic E-state index is -0.0245. The Labute approximate surface area is 185 Å². The molecule has 0 spiro atoms. The van der Waals surface area contributed by atoms with E-state index in [1.54, 1.807) is 0 Å². The first-order valence-corrected chi connectivity index (χ1v) is 11.3. The Hall–Kier alpha value is -2.87. The molecular formula is C29H31NO. The summed E-state index contributed by atoms with van der Waals surface area (Å²) in [4.78, 5) is 13.5. The largest absolute Gasteiger partial charge is 0.374 e. The van der Waals surface area contributed by atoms with Crippen molar-refractivity contribution in [1.82, 2.24) is 0 Å². The highest BCUT2D eigenvalue weighted by Gasteiger charge is 2.40. The summed E-state index contributed by atoms with van der Waals surface area (Å²) in [7, 11) is 0. The second-order valence-electron chi connectivity index (χ2n) is 11.0. The summed E-state index contributed by atoms with van der Waals surface area (Å²) in [5.74, 6) is 0.279. The molecule has 1 atom stereocenters. The maximum atomic E-state index is 13.5. The average Bonchev–Trinajstić information content (AvgIpc) is 2.71. The molecule has 158 valence electrons. The highest BCUT2D eigenvalue weighted by atomic mass is 16.1. The molecule has 1 N–H and O–H groups in total. The van der Waals surface area contributed by atoms with Gasteiger partial charge in [-0.05, 0) is 50.8 Å². The third kappa shape index (κ3) is 3.39. The maximum absolute atomic E-state index is 13.5. The normalized spacial score (nSPS) is 20.3. The van der Waals surface area contributed by atoms with E-state index in [1.165, 1.54) is 22.1 Å². The topological polar surface area (TPSA) is 29.1 Å². The van der Waals surface area contributed by atoms with Crippen LogP contribution in [0, 0.1) is 5.41 Å². The van der Waals surface area contributed by atoms with Crippen molar-refractivity contribution in [2.24, 2.45) is 5.41 Å². The Morgan fingerprint density at radius 3 is 2.32 bits per heavy atom. The van der Waals surface area contributed by atoms with E-state index in [2.05, 4.69) is 101 Å². The Bertz CT molecular complexity index is 1220. The highest BCUT2D eigenvalue weighted by Crippen LogP contribution is 2.51. The first-order valence-electron chi connectivity index (χ1n) is 11.3. The second-order valence-corrected chi connectivity index (χ2v) is 11.0. The van der Waals surface area contributed by atoms with Crippen LogP contribution in [0.5, 0.6) is 0 Å². The van der Waals surface area contributed by atoms with Crippen LogP contribution in [0.2, 0.25) is 0 Å². The van der Waals surface area contributed by atoms with Crippen LogP contribution in [-0.2, 0) is 10.2 Å². The number of hydrogen-bond acceptors (Lipinski definition) is 2. The maximum Gasteiger partial charge on any atom is 0.164 e. The fourth-order valence-corrected chi connectivity index (χ4v) is 5.28. The predicted octanol–water partition coefficient (Wildman–Crippen LogP) is 7.45. The molecular weight excluding hydrogens is 378 g/mol. The molecule has 0 radical (unpaired) electrons. The number of Topliss-reactive ketones (excluding diaryl/α,β-unsaturated/α-hetero) is 1. The van der Waals surface area contributed by atoms with Crippen molar-refractivity contribution in [2.45, 2.75) is 58.9 Å². The number of anilines is 1. The molecule has 0 aromatic heterocycles. The first-order chi connectivity index (χ1) is 14.6. The SMILES string of the molecule is CC1(C)CC(=O)C2=C(C1)[C@@H](c1ccc(C(C)(C)C)cc1)Nc1ccc3ccccc3c12. The zero-order valence-corrected chi connectivity index (χ0v) is 19.2. The molecule has 1 aliphatic heterocycles. The van der Waals surface area contributed by atoms with Gasteiger partial charge >= 0.3 is 0 Å². The zero-order valence-electron chi connectivity index (χ0n) is 19.2. The molecule has 1 aliphatic carbocycles. The highest BCUT2D eigenvalue weighted by molar-refractivity contribution is 6.28. The third-order valence-electron chi connectivity index (χ3n) is 6.85. The lowest BCUT2D eigenvalue weighted by Crippen LogP contribution is -2.32. The number of carbonyl (C=O) groups is 1. The summed E-state index contributed by atoms with van der Waals surface area (Å²) in [6.45, 7) is 11.2. The van der Waals surface area contributed by atoms with Crippen molar-refractivity contribution in [3.05, 3.63) is 82.9 Å². The third-order valence-corrected chi connectivity index (χ3v) is 6.85. The average molecular weight is 410 g/mol. The van der Waals surface area contributed by atoms with Crippen LogP contribution in [-0.4, -0.2) is 5.78 Å². The Morgan fingerprint density at radius 2 is 1.61 bits per heavy atom. The first kappa shape index (κ1) is 20.1. The van der Waals surface area contributed by atoms with E-state index in [0.717, 1.165) is 28.6 Å². The van der Waals surface area contributed by atoms with E-state index in [4.69, 9.17) is 0 Å². The smallest absolute Gasteiger partial charge is 0.164 e. The molecule has 3 aromatic carbocycles. The molecule has 2 nitrogen and oxygen atoms in total. The van der Waals surface area contributed by atoms with Crippen LogP contribution < -0.4 is 5.32 Å². The van der Waals surface area contributed by atoms with Gasteiger partial charge in [0.25, 0.3) is 0 Å². The van der Waals surface area contributed by atoms with Crippen LogP contribution in [0.3, 0.4) is 0 Å². The van der Waals surface area contributed by atoms with Crippen LogP contribution in [0.15, 0.2) is 66.2 Å². The minimum Gasteiger partial charge on any atom is -0.374 e. The number of ketones is 1. The lowest BCUT2D eigenvalue weighted by molar-refractivity contribution is -0.116. The molecule has 0 unspecified atom stereocenters. The summed E-state index contributed by atoms with van der Waals surface area (Å²) in [5, 5.41) is 6.15. The van der Waals surface area contributed by atoms with Gasteiger partial charge in [-0.15, -0.1) is 0 Å². The van der Waals surface area contributed by atoms with Gasteiger partial charge in [0.05, 0.1) is 6.04 Å². The summed E-state index contributed by atoms with van der Waals surface area (Å²) < 4.78 is 0. The number of hydrogen-bond donors (Lipinski definition) is 1. The quantitative estimate of drug-likeness (QED) is 0.452. The standard InChI is InChI=1S/C29H31NO/c1-28(2,3)20-13-10-19(11-14-20)27-22-16-29(4,5)17-24(31)26(22)25-21-9-7-6-8-18(21)12-15-23(25)30-27/h6-15,27,30H,16-17H2,1-5H3/t27-/m1/s1. The van der Waals surface area contributed by atoms with Gasteiger partial charge < -0.3 is 5.32 Å². The molecule has 0 amide bonds. The fourth-order valence-electron chi connectivity index (χ4n) is 5.28. The molecule has 0 fully saturated rings. The van der Waals surface area contributed by atoms with E-state index in [1.807, 2.05) is 0 Å². The monoisotopic (exact) mass is 409 g/mol. The van der Waals surface area contributed by atoms with Crippen molar-refractivity contribution in [1.29, 1.82) is 0 Å². The van der Waals surface area contributed by atoms with E-state index in [-0.39, 0.29) is 22.7 Å². The van der Waals surface area contributed by atoms with Gasteiger partial charge in [-0.3, -0.25) is 4.79 Å². The van der Waals surface area contributed by atoms with Gasteiger partial charge in [-0.1, -0.05) is 89.2 Å². The Kier molecular flexibility index (Phi) is 4.41. The van der Waals surface area contributed by atoms with E-state index >= 15 is 0 Å².